The molecule has 0 spiro atoms. The summed E-state index contributed by atoms with van der Waals surface area (Å²) in [6, 6.07) is 0. The summed E-state index contributed by atoms with van der Waals surface area (Å²) < 4.78 is 5.24. The first-order valence-electron chi connectivity index (χ1n) is 7.90. The third-order valence-corrected chi connectivity index (χ3v) is 3.19. The van der Waals surface area contributed by atoms with Gasteiger partial charge in [0.2, 0.25) is 0 Å². The molecule has 0 amide bonds. The lowest BCUT2D eigenvalue weighted by Gasteiger charge is -2.23. The van der Waals surface area contributed by atoms with Crippen molar-refractivity contribution in [2.75, 3.05) is 0 Å². The van der Waals surface area contributed by atoms with Crippen molar-refractivity contribution in [2.24, 2.45) is 5.92 Å². The van der Waals surface area contributed by atoms with Crippen molar-refractivity contribution in [2.45, 2.75) is 78.2 Å². The summed E-state index contributed by atoms with van der Waals surface area (Å²) in [7, 11) is 0. The van der Waals surface area contributed by atoms with Gasteiger partial charge in [-0.25, -0.2) is 4.79 Å². The van der Waals surface area contributed by atoms with Crippen LogP contribution in [0.1, 0.15) is 72.6 Å². The smallest absolute Gasteiger partial charge is 0.387 e. The summed E-state index contributed by atoms with van der Waals surface area (Å²) in [5, 5.41) is 16.1. The van der Waals surface area contributed by atoms with Gasteiger partial charge in [0.25, 0.3) is 0 Å². The summed E-state index contributed by atoms with van der Waals surface area (Å²) in [6.45, 7) is 7.31. The first kappa shape index (κ1) is 20.6. The van der Waals surface area contributed by atoms with Gasteiger partial charge in [0, 0.05) is 0 Å². The quantitative estimate of drug-likeness (QED) is 0.210. The predicted molar refractivity (Wildman–Crippen MR) is 83.8 cm³/mol. The molecule has 0 saturated carbocycles. The number of hydrogen-bond donors (Lipinski definition) is 2. The SMILES string of the molecule is CCCCCCCCC(C(=N)C(=O)OO)C(=O)OC(C)(C)C. The van der Waals surface area contributed by atoms with Crippen LogP contribution in [0.3, 0.4) is 0 Å². The molecule has 0 aliphatic heterocycles. The molecule has 0 saturated heterocycles. The van der Waals surface area contributed by atoms with Gasteiger partial charge in [0.05, 0.1) is 0 Å². The van der Waals surface area contributed by atoms with Crippen LogP contribution in [0, 0.1) is 11.3 Å². The van der Waals surface area contributed by atoms with E-state index in [1.807, 2.05) is 0 Å². The summed E-state index contributed by atoms with van der Waals surface area (Å²) in [5.41, 5.74) is -1.26. The van der Waals surface area contributed by atoms with Gasteiger partial charge in [0.15, 0.2) is 0 Å². The second-order valence-electron chi connectivity index (χ2n) is 6.43. The maximum absolute atomic E-state index is 12.1. The summed E-state index contributed by atoms with van der Waals surface area (Å²) in [6.07, 6.45) is 6.54. The van der Waals surface area contributed by atoms with Crippen LogP contribution in [-0.2, 0) is 19.2 Å². The van der Waals surface area contributed by atoms with Crippen molar-refractivity contribution in [3.05, 3.63) is 0 Å². The van der Waals surface area contributed by atoms with Crippen LogP contribution in [0.4, 0.5) is 0 Å². The highest BCUT2D eigenvalue weighted by Crippen LogP contribution is 2.19. The van der Waals surface area contributed by atoms with Gasteiger partial charge in [-0.3, -0.25) is 15.1 Å². The fourth-order valence-corrected chi connectivity index (χ4v) is 2.07. The molecule has 1 unspecified atom stereocenters. The van der Waals surface area contributed by atoms with Gasteiger partial charge >= 0.3 is 11.9 Å². The Morgan fingerprint density at radius 3 is 2.14 bits per heavy atom. The summed E-state index contributed by atoms with van der Waals surface area (Å²) >= 11 is 0. The van der Waals surface area contributed by atoms with Crippen molar-refractivity contribution < 1.29 is 24.5 Å². The largest absolute Gasteiger partial charge is 0.459 e. The highest BCUT2D eigenvalue weighted by molar-refractivity contribution is 6.39. The van der Waals surface area contributed by atoms with E-state index in [0.29, 0.717) is 12.8 Å². The number of rotatable bonds is 10. The van der Waals surface area contributed by atoms with Gasteiger partial charge in [-0.05, 0) is 27.2 Å². The molecule has 0 aliphatic rings. The van der Waals surface area contributed by atoms with E-state index in [1.165, 1.54) is 6.42 Å². The number of nitrogens with one attached hydrogen (secondary N) is 1. The second-order valence-corrected chi connectivity index (χ2v) is 6.43. The van der Waals surface area contributed by atoms with E-state index in [0.717, 1.165) is 25.7 Å². The average Bonchev–Trinajstić information content (AvgIpc) is 2.43. The van der Waals surface area contributed by atoms with E-state index in [9.17, 15) is 9.59 Å². The Balaban J connectivity index is 4.57. The molecule has 0 rings (SSSR count). The number of unbranched alkanes of at least 4 members (excludes halogenated alkanes) is 5. The van der Waals surface area contributed by atoms with Crippen molar-refractivity contribution >= 4 is 17.7 Å². The van der Waals surface area contributed by atoms with Crippen molar-refractivity contribution in [3.63, 3.8) is 0 Å². The first-order chi connectivity index (χ1) is 10.2. The minimum Gasteiger partial charge on any atom is -0.459 e. The number of esters is 1. The molecule has 6 nitrogen and oxygen atoms in total. The van der Waals surface area contributed by atoms with E-state index in [-0.39, 0.29) is 0 Å². The summed E-state index contributed by atoms with van der Waals surface area (Å²) in [5.74, 6) is -2.83. The third kappa shape index (κ3) is 8.77. The van der Waals surface area contributed by atoms with Gasteiger partial charge in [-0.1, -0.05) is 45.4 Å². The van der Waals surface area contributed by atoms with Crippen LogP contribution in [0.15, 0.2) is 0 Å². The molecule has 0 aromatic rings. The van der Waals surface area contributed by atoms with Crippen molar-refractivity contribution in [3.8, 4) is 0 Å². The van der Waals surface area contributed by atoms with Crippen LogP contribution in [0.25, 0.3) is 0 Å². The van der Waals surface area contributed by atoms with Crippen LogP contribution in [0.2, 0.25) is 0 Å². The second kappa shape index (κ2) is 10.3. The minimum absolute atomic E-state index is 0.342. The topological polar surface area (TPSA) is 96.7 Å². The zero-order valence-electron chi connectivity index (χ0n) is 14.1. The molecule has 0 fully saturated rings. The van der Waals surface area contributed by atoms with Crippen LogP contribution in [0.5, 0.6) is 0 Å². The van der Waals surface area contributed by atoms with E-state index >= 15 is 0 Å². The van der Waals surface area contributed by atoms with Crippen molar-refractivity contribution in [1.29, 1.82) is 5.41 Å². The van der Waals surface area contributed by atoms with E-state index in [1.54, 1.807) is 20.8 Å². The van der Waals surface area contributed by atoms with Gasteiger partial charge in [0.1, 0.15) is 17.2 Å². The highest BCUT2D eigenvalue weighted by Gasteiger charge is 2.32. The Morgan fingerprint density at radius 1 is 1.09 bits per heavy atom. The molecule has 0 radical (unpaired) electrons. The average molecular weight is 315 g/mol. The molecule has 0 heterocycles. The zero-order valence-corrected chi connectivity index (χ0v) is 14.1. The minimum atomic E-state index is -1.21. The molecule has 0 bridgehead atoms. The van der Waals surface area contributed by atoms with Crippen LogP contribution >= 0.6 is 0 Å². The number of carbonyl (C=O) groups is 2. The predicted octanol–water partition coefficient (Wildman–Crippen LogP) is 3.73. The molecular formula is C16H29NO5. The lowest BCUT2D eigenvalue weighted by Crippen LogP contribution is -2.36. The summed E-state index contributed by atoms with van der Waals surface area (Å²) in [4.78, 5) is 27.0. The third-order valence-electron chi connectivity index (χ3n) is 3.19. The number of ether oxygens (including phenoxy) is 1. The molecule has 6 heteroatoms. The Labute approximate surface area is 132 Å². The molecule has 2 N–H and O–H groups in total. The lowest BCUT2D eigenvalue weighted by atomic mass is 9.95. The van der Waals surface area contributed by atoms with Crippen LogP contribution < -0.4 is 0 Å². The Kier molecular flexibility index (Phi) is 9.65. The maximum atomic E-state index is 12.1. The first-order valence-corrected chi connectivity index (χ1v) is 7.90. The fraction of sp³-hybridized carbons (Fsp3) is 0.812. The van der Waals surface area contributed by atoms with Gasteiger partial charge in [-0.2, -0.15) is 5.26 Å². The molecule has 22 heavy (non-hydrogen) atoms. The molecule has 128 valence electrons. The molecule has 0 aliphatic carbocycles. The fourth-order valence-electron chi connectivity index (χ4n) is 2.07. The van der Waals surface area contributed by atoms with E-state index in [4.69, 9.17) is 15.4 Å². The molecule has 1 atom stereocenters. The molecule has 0 aromatic carbocycles. The Hall–Kier alpha value is -1.43. The van der Waals surface area contributed by atoms with E-state index < -0.39 is 29.2 Å². The molecule has 0 aromatic heterocycles. The normalized spacial score (nSPS) is 12.6. The number of carbonyl (C=O) groups excluding carboxylic acids is 2. The Morgan fingerprint density at radius 2 is 1.64 bits per heavy atom. The van der Waals surface area contributed by atoms with Gasteiger partial charge < -0.3 is 4.74 Å². The monoisotopic (exact) mass is 315 g/mol. The Bertz CT molecular complexity index is 373. The van der Waals surface area contributed by atoms with Crippen LogP contribution in [-0.4, -0.2) is 28.5 Å². The standard InChI is InChI=1S/C16H29NO5/c1-5-6-7-8-9-10-11-12(13(17)15(19)22-20)14(18)21-16(2,3)4/h12,17,20H,5-11H2,1-4H3. The lowest BCUT2D eigenvalue weighted by molar-refractivity contribution is -0.226. The van der Waals surface area contributed by atoms with Gasteiger partial charge in [-0.15, -0.1) is 0 Å². The molecular weight excluding hydrogens is 286 g/mol. The highest BCUT2D eigenvalue weighted by atomic mass is 17.1. The van der Waals surface area contributed by atoms with Crippen molar-refractivity contribution in [1.82, 2.24) is 0 Å². The number of hydrogen-bond acceptors (Lipinski definition) is 6. The zero-order chi connectivity index (χ0) is 17.2. The van der Waals surface area contributed by atoms with E-state index in [2.05, 4.69) is 11.8 Å². The maximum Gasteiger partial charge on any atom is 0.387 e.